The first kappa shape index (κ1) is 17.2. The molecule has 1 aliphatic heterocycles. The zero-order chi connectivity index (χ0) is 17.4. The lowest BCUT2D eigenvalue weighted by Gasteiger charge is -2.25. The second kappa shape index (κ2) is 6.33. The van der Waals surface area contributed by atoms with E-state index in [9.17, 15) is 20.1 Å². The first-order chi connectivity index (χ1) is 11.2. The van der Waals surface area contributed by atoms with Crippen LogP contribution < -0.4 is 0 Å². The fraction of sp³-hybridized carbons (Fsp3) is 0.417. The van der Waals surface area contributed by atoms with Gasteiger partial charge in [0.05, 0.1) is 28.6 Å². The van der Waals surface area contributed by atoms with Crippen LogP contribution >= 0.6 is 11.2 Å². The van der Waals surface area contributed by atoms with Crippen LogP contribution in [-0.2, 0) is 16.4 Å². The predicted octanol–water partition coefficient (Wildman–Crippen LogP) is 1.71. The zero-order valence-corrected chi connectivity index (χ0v) is 14.0. The summed E-state index contributed by atoms with van der Waals surface area (Å²) in [6, 6.07) is 4.64. The van der Waals surface area contributed by atoms with Gasteiger partial charge in [-0.3, -0.25) is 4.90 Å². The molecule has 2 heterocycles. The molecule has 0 atom stereocenters. The summed E-state index contributed by atoms with van der Waals surface area (Å²) in [7, 11) is -2.98. The van der Waals surface area contributed by atoms with Gasteiger partial charge in [-0.15, -0.1) is 16.8 Å². The summed E-state index contributed by atoms with van der Waals surface area (Å²) >= 11 is -5.26. The number of rotatable bonds is 4. The Hall–Kier alpha value is -1.66. The molecular formula is C12H14F3N5O2S2. The van der Waals surface area contributed by atoms with E-state index in [1.807, 2.05) is 4.90 Å². The Morgan fingerprint density at radius 3 is 2.29 bits per heavy atom. The Morgan fingerprint density at radius 2 is 1.71 bits per heavy atom. The molecule has 7 nitrogen and oxygen atoms in total. The van der Waals surface area contributed by atoms with Crippen molar-refractivity contribution in [2.45, 2.75) is 11.4 Å². The monoisotopic (exact) mass is 381 g/mol. The molecule has 1 aromatic heterocycles. The van der Waals surface area contributed by atoms with Crippen LogP contribution in [0.1, 0.15) is 5.82 Å². The van der Waals surface area contributed by atoms with Gasteiger partial charge in [-0.2, -0.15) is 4.68 Å². The van der Waals surface area contributed by atoms with Gasteiger partial charge in [0.2, 0.25) is 11.2 Å². The average molecular weight is 381 g/mol. The minimum Gasteiger partial charge on any atom is -0.294 e. The summed E-state index contributed by atoms with van der Waals surface area (Å²) in [6.45, 7) is 1.09. The Balaban J connectivity index is 1.76. The van der Waals surface area contributed by atoms with Crippen LogP contribution in [0.5, 0.6) is 0 Å². The number of hydrogen-bond acceptors (Lipinski definition) is 6. The van der Waals surface area contributed by atoms with Gasteiger partial charge in [0.15, 0.2) is 15.7 Å². The number of tetrazole rings is 1. The van der Waals surface area contributed by atoms with Gasteiger partial charge < -0.3 is 0 Å². The molecule has 3 rings (SSSR count). The third-order valence-electron chi connectivity index (χ3n) is 3.68. The molecule has 1 aliphatic rings. The summed E-state index contributed by atoms with van der Waals surface area (Å²) in [4.78, 5) is 1.24. The maximum atomic E-state index is 12.7. The van der Waals surface area contributed by atoms with E-state index in [1.54, 1.807) is 0 Å². The Labute approximate surface area is 138 Å². The summed E-state index contributed by atoms with van der Waals surface area (Å²) < 4.78 is 62.3. The van der Waals surface area contributed by atoms with Gasteiger partial charge in [-0.05, 0) is 34.7 Å². The molecule has 132 valence electrons. The van der Waals surface area contributed by atoms with Crippen LogP contribution in [0.3, 0.4) is 0 Å². The van der Waals surface area contributed by atoms with E-state index in [0.717, 1.165) is 12.1 Å². The molecule has 0 amide bonds. The average Bonchev–Trinajstić information content (AvgIpc) is 2.97. The molecule has 0 saturated carbocycles. The van der Waals surface area contributed by atoms with E-state index >= 15 is 0 Å². The maximum absolute atomic E-state index is 12.7. The highest BCUT2D eigenvalue weighted by atomic mass is 32.3. The molecule has 0 spiro atoms. The summed E-state index contributed by atoms with van der Waals surface area (Å²) in [5.41, 5.74) is 0.423. The number of nitrogens with zero attached hydrogens (tertiary/aromatic N) is 5. The lowest BCUT2D eigenvalue weighted by molar-refractivity contribution is 0.278. The molecule has 0 unspecified atom stereocenters. The largest absolute Gasteiger partial charge is 0.294 e. The fourth-order valence-electron chi connectivity index (χ4n) is 2.35. The Bertz CT molecular complexity index is 806. The van der Waals surface area contributed by atoms with Crippen LogP contribution in [0.2, 0.25) is 0 Å². The normalized spacial score (nSPS) is 19.3. The van der Waals surface area contributed by atoms with Crippen molar-refractivity contribution < 1.29 is 20.1 Å². The zero-order valence-electron chi connectivity index (χ0n) is 12.3. The molecule has 1 saturated heterocycles. The number of benzene rings is 1. The summed E-state index contributed by atoms with van der Waals surface area (Å²) in [5.74, 6) is 0.608. The van der Waals surface area contributed by atoms with E-state index in [1.165, 1.54) is 16.8 Å². The second-order valence-electron chi connectivity index (χ2n) is 5.34. The molecule has 0 N–H and O–H groups in total. The molecule has 2 aromatic rings. The van der Waals surface area contributed by atoms with E-state index in [-0.39, 0.29) is 11.5 Å². The van der Waals surface area contributed by atoms with E-state index in [4.69, 9.17) is 0 Å². The molecule has 24 heavy (non-hydrogen) atoms. The number of hydrogen-bond donors (Lipinski definition) is 0. The highest BCUT2D eigenvalue weighted by Crippen LogP contribution is 2.60. The van der Waals surface area contributed by atoms with E-state index in [0.29, 0.717) is 31.1 Å². The summed E-state index contributed by atoms with van der Waals surface area (Å²) in [5, 5.41) is 11.3. The van der Waals surface area contributed by atoms with Crippen molar-refractivity contribution in [3.63, 3.8) is 0 Å². The highest BCUT2D eigenvalue weighted by molar-refractivity contribution is 8.20. The third kappa shape index (κ3) is 3.87. The molecule has 1 fully saturated rings. The van der Waals surface area contributed by atoms with Gasteiger partial charge in [0, 0.05) is 13.1 Å². The third-order valence-corrected chi connectivity index (χ3v) is 6.10. The van der Waals surface area contributed by atoms with Crippen LogP contribution in [0, 0.1) is 0 Å². The van der Waals surface area contributed by atoms with Gasteiger partial charge >= 0.3 is 0 Å². The number of halogens is 3. The highest BCUT2D eigenvalue weighted by Gasteiger charge is 2.25. The van der Waals surface area contributed by atoms with Gasteiger partial charge in [0.1, 0.15) is 0 Å². The van der Waals surface area contributed by atoms with Crippen molar-refractivity contribution in [2.24, 2.45) is 0 Å². The van der Waals surface area contributed by atoms with Gasteiger partial charge in [-0.25, -0.2) is 8.42 Å². The maximum Gasteiger partial charge on any atom is 0.237 e. The van der Waals surface area contributed by atoms with Gasteiger partial charge in [0.25, 0.3) is 0 Å². The van der Waals surface area contributed by atoms with Crippen LogP contribution in [0.4, 0.5) is 11.7 Å². The van der Waals surface area contributed by atoms with E-state index < -0.39 is 25.9 Å². The predicted molar refractivity (Wildman–Crippen MR) is 82.3 cm³/mol. The van der Waals surface area contributed by atoms with Crippen molar-refractivity contribution >= 4 is 21.0 Å². The minimum absolute atomic E-state index is 0.0810. The topological polar surface area (TPSA) is 81.0 Å². The number of aromatic nitrogens is 4. The SMILES string of the molecule is O=S1(=O)CCN(Cc2nnnn2-c2ccc(S(F)(F)F)cc2)CC1. The van der Waals surface area contributed by atoms with Crippen LogP contribution in [-0.4, -0.2) is 58.1 Å². The smallest absolute Gasteiger partial charge is 0.237 e. The minimum atomic E-state index is -5.26. The van der Waals surface area contributed by atoms with E-state index in [2.05, 4.69) is 15.5 Å². The Morgan fingerprint density at radius 1 is 1.08 bits per heavy atom. The van der Waals surface area contributed by atoms with Crippen LogP contribution in [0.25, 0.3) is 5.69 Å². The lowest BCUT2D eigenvalue weighted by atomic mass is 10.3. The quantitative estimate of drug-likeness (QED) is 0.802. The molecule has 12 heteroatoms. The van der Waals surface area contributed by atoms with Gasteiger partial charge in [-0.1, -0.05) is 0 Å². The first-order valence-electron chi connectivity index (χ1n) is 6.97. The van der Waals surface area contributed by atoms with Crippen molar-refractivity contribution in [1.82, 2.24) is 25.1 Å². The molecule has 1 aromatic carbocycles. The Kier molecular flexibility index (Phi) is 4.53. The standard InChI is InChI=1S/C12H14F3N5O2S2/c13-24(14,15)11-3-1-10(2-4-11)20-12(16-17-18-20)9-19-5-7-23(21,22)8-6-19/h1-4H,5-9H2. The second-order valence-corrected chi connectivity index (χ2v) is 8.92. The molecule has 0 bridgehead atoms. The van der Waals surface area contributed by atoms with Crippen molar-refractivity contribution in [2.75, 3.05) is 24.6 Å². The van der Waals surface area contributed by atoms with Crippen molar-refractivity contribution in [3.05, 3.63) is 30.1 Å². The first-order valence-corrected chi connectivity index (χ1v) is 10.1. The van der Waals surface area contributed by atoms with Crippen molar-refractivity contribution in [1.29, 1.82) is 0 Å². The summed E-state index contributed by atoms with van der Waals surface area (Å²) in [6.07, 6.45) is 0. The fourth-order valence-corrected chi connectivity index (χ4v) is 4.08. The molecule has 0 aliphatic carbocycles. The van der Waals surface area contributed by atoms with Crippen molar-refractivity contribution in [3.8, 4) is 5.69 Å². The lowest BCUT2D eigenvalue weighted by Crippen LogP contribution is -2.40. The number of sulfone groups is 1. The molecule has 0 radical (unpaired) electrons. The van der Waals surface area contributed by atoms with Crippen LogP contribution in [0.15, 0.2) is 29.2 Å². The molecular weight excluding hydrogens is 367 g/mol.